The van der Waals surface area contributed by atoms with Crippen LogP contribution in [0.15, 0.2) is 71.3 Å². The van der Waals surface area contributed by atoms with Crippen molar-refractivity contribution in [3.8, 4) is 0 Å². The van der Waals surface area contributed by atoms with Crippen molar-refractivity contribution in [2.45, 2.75) is 25.3 Å². The van der Waals surface area contributed by atoms with Gasteiger partial charge < -0.3 is 15.5 Å². The van der Waals surface area contributed by atoms with Crippen LogP contribution in [0, 0.1) is 0 Å². The number of hydrogen-bond acceptors (Lipinski definition) is 6. The van der Waals surface area contributed by atoms with Crippen LogP contribution in [-0.4, -0.2) is 51.6 Å². The normalized spacial score (nSPS) is 18.8. The van der Waals surface area contributed by atoms with Crippen molar-refractivity contribution < 1.29 is 9.59 Å². The molecule has 0 bridgehead atoms. The van der Waals surface area contributed by atoms with Gasteiger partial charge >= 0.3 is 0 Å². The summed E-state index contributed by atoms with van der Waals surface area (Å²) in [5.74, 6) is -0.173. The van der Waals surface area contributed by atoms with Crippen LogP contribution < -0.4 is 10.6 Å². The zero-order chi connectivity index (χ0) is 23.9. The van der Waals surface area contributed by atoms with Crippen molar-refractivity contribution in [2.24, 2.45) is 0 Å². The molecule has 0 saturated carbocycles. The number of rotatable bonds is 5. The van der Waals surface area contributed by atoms with E-state index in [-0.39, 0.29) is 11.8 Å². The first-order valence-electron chi connectivity index (χ1n) is 11.8. The number of aromatic nitrogens is 2. The zero-order valence-corrected chi connectivity index (χ0v) is 20.2. The van der Waals surface area contributed by atoms with Crippen LogP contribution in [0.25, 0.3) is 16.6 Å². The lowest BCUT2D eigenvalue weighted by Crippen LogP contribution is -2.52. The molecule has 2 aromatic carbocycles. The van der Waals surface area contributed by atoms with E-state index in [4.69, 9.17) is 0 Å². The molecule has 3 aliphatic rings. The van der Waals surface area contributed by atoms with E-state index < -0.39 is 6.04 Å². The number of carbonyl (C=O) groups excluding carboxylic acids is 2. The number of benzene rings is 2. The summed E-state index contributed by atoms with van der Waals surface area (Å²) in [4.78, 5) is 28.5. The van der Waals surface area contributed by atoms with Gasteiger partial charge in [0.15, 0.2) is 0 Å². The van der Waals surface area contributed by atoms with E-state index in [0.717, 1.165) is 34.3 Å². The summed E-state index contributed by atoms with van der Waals surface area (Å²) in [6.45, 7) is 1.01. The van der Waals surface area contributed by atoms with Gasteiger partial charge in [-0.05, 0) is 58.9 Å². The Labute approximate surface area is 207 Å². The Morgan fingerprint density at radius 3 is 2.89 bits per heavy atom. The molecule has 3 aromatic rings. The van der Waals surface area contributed by atoms with E-state index in [1.54, 1.807) is 11.9 Å². The number of nitrogens with zero attached hydrogens (tertiary/aromatic N) is 3. The Bertz CT molecular complexity index is 1450. The van der Waals surface area contributed by atoms with Gasteiger partial charge in [-0.2, -0.15) is 8.75 Å². The fourth-order valence-electron chi connectivity index (χ4n) is 5.34. The topological polar surface area (TPSA) is 87.2 Å². The SMILES string of the molecule is CNC(=O)[C@H]1CC2=C(Cc3ccccc32)CN1C(=O)C1=C(CNc2ccc3nsnc3c2)C=CC1. The quantitative estimate of drug-likeness (QED) is 0.578. The summed E-state index contributed by atoms with van der Waals surface area (Å²) in [6, 6.07) is 13.7. The smallest absolute Gasteiger partial charge is 0.251 e. The number of anilines is 1. The average molecular weight is 484 g/mol. The molecule has 0 saturated heterocycles. The van der Waals surface area contributed by atoms with Crippen molar-refractivity contribution in [1.82, 2.24) is 19.0 Å². The van der Waals surface area contributed by atoms with E-state index in [1.807, 2.05) is 42.5 Å². The third-order valence-electron chi connectivity index (χ3n) is 7.14. The lowest BCUT2D eigenvalue weighted by molar-refractivity contribution is -0.137. The maximum absolute atomic E-state index is 13.8. The minimum absolute atomic E-state index is 0.0536. The number of allylic oxidation sites excluding steroid dienone is 1. The van der Waals surface area contributed by atoms with Gasteiger partial charge in [0.25, 0.3) is 5.91 Å². The van der Waals surface area contributed by atoms with Gasteiger partial charge in [-0.15, -0.1) is 0 Å². The summed E-state index contributed by atoms with van der Waals surface area (Å²) in [5, 5.41) is 6.19. The Hall–Kier alpha value is -3.78. The van der Waals surface area contributed by atoms with Crippen LogP contribution in [0.1, 0.15) is 24.0 Å². The molecule has 1 aromatic heterocycles. The number of carbonyl (C=O) groups is 2. The zero-order valence-electron chi connectivity index (χ0n) is 19.4. The third kappa shape index (κ3) is 3.83. The second-order valence-electron chi connectivity index (χ2n) is 9.11. The lowest BCUT2D eigenvalue weighted by atomic mass is 9.91. The van der Waals surface area contributed by atoms with Gasteiger partial charge in [-0.1, -0.05) is 36.4 Å². The number of nitrogens with one attached hydrogen (secondary N) is 2. The molecule has 1 atom stereocenters. The molecule has 7 nitrogen and oxygen atoms in total. The number of amides is 2. The standard InChI is InChI=1S/C27H25N5O2S/c1-28-26(33)25-13-22-18(11-16-5-2-3-7-20(16)22)15-32(25)27(34)21-8-4-6-17(21)14-29-19-9-10-23-24(12-19)31-35-30-23/h2-7,9-10,12,25,29H,8,11,13-15H2,1H3,(H,28,33)/t25-/m1/s1. The predicted octanol–water partition coefficient (Wildman–Crippen LogP) is 3.72. The molecule has 0 radical (unpaired) electrons. The van der Waals surface area contributed by atoms with E-state index in [9.17, 15) is 9.59 Å². The first kappa shape index (κ1) is 21.7. The van der Waals surface area contributed by atoms with Crippen LogP contribution in [0.4, 0.5) is 5.69 Å². The second kappa shape index (κ2) is 8.78. The van der Waals surface area contributed by atoms with Crippen molar-refractivity contribution in [1.29, 1.82) is 0 Å². The number of likely N-dealkylation sites (N-methyl/N-ethyl adjacent to an activating group) is 1. The van der Waals surface area contributed by atoms with Crippen molar-refractivity contribution >= 4 is 45.8 Å². The Morgan fingerprint density at radius 1 is 1.14 bits per heavy atom. The molecule has 0 fully saturated rings. The van der Waals surface area contributed by atoms with Gasteiger partial charge in [0, 0.05) is 37.8 Å². The summed E-state index contributed by atoms with van der Waals surface area (Å²) in [7, 11) is 1.64. The number of fused-ring (bicyclic) bond motifs is 3. The minimum atomic E-state index is -0.515. The summed E-state index contributed by atoms with van der Waals surface area (Å²) >= 11 is 1.20. The molecule has 2 amide bonds. The predicted molar refractivity (Wildman–Crippen MR) is 138 cm³/mol. The molecular weight excluding hydrogens is 458 g/mol. The first-order valence-corrected chi connectivity index (χ1v) is 12.5. The van der Waals surface area contributed by atoms with Crippen LogP contribution in [-0.2, 0) is 16.0 Å². The summed E-state index contributed by atoms with van der Waals surface area (Å²) < 4.78 is 8.54. The van der Waals surface area contributed by atoms with Crippen LogP contribution in [0.5, 0.6) is 0 Å². The highest BCUT2D eigenvalue weighted by Crippen LogP contribution is 2.41. The van der Waals surface area contributed by atoms with E-state index in [0.29, 0.717) is 25.9 Å². The van der Waals surface area contributed by atoms with Gasteiger partial charge in [-0.25, -0.2) is 0 Å². The van der Waals surface area contributed by atoms with E-state index in [2.05, 4.69) is 31.5 Å². The molecule has 176 valence electrons. The Kier molecular flexibility index (Phi) is 5.45. The van der Waals surface area contributed by atoms with Gasteiger partial charge in [0.1, 0.15) is 17.1 Å². The molecule has 2 heterocycles. The van der Waals surface area contributed by atoms with Gasteiger partial charge in [-0.3, -0.25) is 9.59 Å². The Balaban J connectivity index is 1.25. The molecule has 2 aliphatic carbocycles. The molecule has 8 heteroatoms. The largest absolute Gasteiger partial charge is 0.381 e. The van der Waals surface area contributed by atoms with Gasteiger partial charge in [0.2, 0.25) is 5.91 Å². The highest BCUT2D eigenvalue weighted by Gasteiger charge is 2.39. The summed E-state index contributed by atoms with van der Waals surface area (Å²) in [5.41, 5.74) is 9.36. The maximum Gasteiger partial charge on any atom is 0.251 e. The third-order valence-corrected chi connectivity index (χ3v) is 7.70. The average Bonchev–Trinajstić information content (AvgIpc) is 3.63. The van der Waals surface area contributed by atoms with Crippen LogP contribution >= 0.6 is 11.7 Å². The van der Waals surface area contributed by atoms with Crippen molar-refractivity contribution in [3.05, 3.63) is 82.5 Å². The van der Waals surface area contributed by atoms with Crippen LogP contribution in [0.3, 0.4) is 0 Å². The highest BCUT2D eigenvalue weighted by atomic mass is 32.1. The first-order chi connectivity index (χ1) is 17.1. The minimum Gasteiger partial charge on any atom is -0.381 e. The molecule has 6 rings (SSSR count). The molecule has 0 unspecified atom stereocenters. The summed E-state index contributed by atoms with van der Waals surface area (Å²) in [6.07, 6.45) is 6.00. The van der Waals surface area contributed by atoms with Crippen molar-refractivity contribution in [2.75, 3.05) is 25.5 Å². The number of hydrogen-bond donors (Lipinski definition) is 2. The van der Waals surface area contributed by atoms with Crippen LogP contribution in [0.2, 0.25) is 0 Å². The second-order valence-corrected chi connectivity index (χ2v) is 9.64. The molecule has 35 heavy (non-hydrogen) atoms. The maximum atomic E-state index is 13.8. The van der Waals surface area contributed by atoms with E-state index >= 15 is 0 Å². The highest BCUT2D eigenvalue weighted by molar-refractivity contribution is 7.00. The molecule has 0 spiro atoms. The molecular formula is C27H25N5O2S. The van der Waals surface area contributed by atoms with Gasteiger partial charge in [0.05, 0.1) is 11.7 Å². The van der Waals surface area contributed by atoms with E-state index in [1.165, 1.54) is 34.0 Å². The van der Waals surface area contributed by atoms with Crippen molar-refractivity contribution in [3.63, 3.8) is 0 Å². The fourth-order valence-corrected chi connectivity index (χ4v) is 5.86. The fraction of sp³-hybridized carbons (Fsp3) is 0.259. The molecule has 1 aliphatic heterocycles. The lowest BCUT2D eigenvalue weighted by Gasteiger charge is -2.36. The monoisotopic (exact) mass is 483 g/mol. The Morgan fingerprint density at radius 2 is 2.00 bits per heavy atom. The molecule has 2 N–H and O–H groups in total.